The summed E-state index contributed by atoms with van der Waals surface area (Å²) >= 11 is 0. The Morgan fingerprint density at radius 1 is 1.22 bits per heavy atom. The van der Waals surface area contributed by atoms with Crippen LogP contribution in [0, 0.1) is 0 Å². The molecule has 1 aliphatic heterocycles. The molecule has 2 aliphatic rings. The summed E-state index contributed by atoms with van der Waals surface area (Å²) in [6, 6.07) is 7.77. The van der Waals surface area contributed by atoms with Gasteiger partial charge in [0.25, 0.3) is 0 Å². The number of carbonyl (C=O) groups is 1. The molecule has 5 nitrogen and oxygen atoms in total. The summed E-state index contributed by atoms with van der Waals surface area (Å²) in [6.45, 7) is 1.21. The summed E-state index contributed by atoms with van der Waals surface area (Å²) in [5.74, 6) is 0.875. The maximum Gasteiger partial charge on any atom is 0.317 e. The lowest BCUT2D eigenvalue weighted by Gasteiger charge is -2.24. The third kappa shape index (κ3) is 3.96. The van der Waals surface area contributed by atoms with Gasteiger partial charge in [-0.25, -0.2) is 4.79 Å². The van der Waals surface area contributed by atoms with Crippen LogP contribution in [0.4, 0.5) is 4.79 Å². The fraction of sp³-hybridized carbons (Fsp3) is 0.611. The molecule has 126 valence electrons. The van der Waals surface area contributed by atoms with Crippen LogP contribution in [-0.2, 0) is 6.54 Å². The second kappa shape index (κ2) is 7.68. The molecule has 2 fully saturated rings. The van der Waals surface area contributed by atoms with Crippen LogP contribution in [0.1, 0.15) is 44.1 Å². The highest BCUT2D eigenvalue weighted by molar-refractivity contribution is 5.75. The Bertz CT molecular complexity index is 529. The van der Waals surface area contributed by atoms with E-state index >= 15 is 0 Å². The molecule has 1 atom stereocenters. The van der Waals surface area contributed by atoms with Gasteiger partial charge in [0.05, 0.1) is 18.8 Å². The SMILES string of the molecule is O=C(NCc1ccccc1OC1CCCC1)N1CCCC1CO. The molecule has 1 heterocycles. The lowest BCUT2D eigenvalue weighted by molar-refractivity contribution is 0.156. The number of likely N-dealkylation sites (tertiary alicyclic amines) is 1. The van der Waals surface area contributed by atoms with Crippen LogP contribution in [0.25, 0.3) is 0 Å². The maximum absolute atomic E-state index is 12.3. The first-order chi connectivity index (χ1) is 11.3. The van der Waals surface area contributed by atoms with Crippen molar-refractivity contribution in [3.63, 3.8) is 0 Å². The van der Waals surface area contributed by atoms with E-state index in [2.05, 4.69) is 5.32 Å². The number of amides is 2. The van der Waals surface area contributed by atoms with Crippen molar-refractivity contribution in [2.75, 3.05) is 13.2 Å². The molecule has 1 aromatic rings. The summed E-state index contributed by atoms with van der Waals surface area (Å²) in [6.07, 6.45) is 6.86. The van der Waals surface area contributed by atoms with Gasteiger partial charge >= 0.3 is 6.03 Å². The number of urea groups is 1. The van der Waals surface area contributed by atoms with Gasteiger partial charge in [-0.05, 0) is 44.6 Å². The van der Waals surface area contributed by atoms with Gasteiger partial charge in [-0.1, -0.05) is 18.2 Å². The fourth-order valence-corrected chi connectivity index (χ4v) is 3.52. The zero-order valence-corrected chi connectivity index (χ0v) is 13.5. The smallest absolute Gasteiger partial charge is 0.317 e. The predicted octanol–water partition coefficient (Wildman–Crippen LogP) is 2.67. The van der Waals surface area contributed by atoms with Crippen molar-refractivity contribution in [2.24, 2.45) is 0 Å². The normalized spacial score (nSPS) is 21.6. The Morgan fingerprint density at radius 2 is 2.00 bits per heavy atom. The molecule has 0 aromatic heterocycles. The highest BCUT2D eigenvalue weighted by Gasteiger charge is 2.28. The van der Waals surface area contributed by atoms with E-state index in [1.807, 2.05) is 24.3 Å². The monoisotopic (exact) mass is 318 g/mol. The van der Waals surface area contributed by atoms with Crippen LogP contribution in [0.3, 0.4) is 0 Å². The highest BCUT2D eigenvalue weighted by atomic mass is 16.5. The Kier molecular flexibility index (Phi) is 5.39. The summed E-state index contributed by atoms with van der Waals surface area (Å²) in [7, 11) is 0. The van der Waals surface area contributed by atoms with Gasteiger partial charge in [0, 0.05) is 18.7 Å². The Hall–Kier alpha value is -1.75. The molecule has 1 saturated heterocycles. The third-order valence-electron chi connectivity index (χ3n) is 4.85. The largest absolute Gasteiger partial charge is 0.490 e. The van der Waals surface area contributed by atoms with Crippen molar-refractivity contribution in [2.45, 2.75) is 57.2 Å². The zero-order chi connectivity index (χ0) is 16.1. The topological polar surface area (TPSA) is 61.8 Å². The van der Waals surface area contributed by atoms with Crippen molar-refractivity contribution in [1.29, 1.82) is 0 Å². The molecule has 2 N–H and O–H groups in total. The van der Waals surface area contributed by atoms with Gasteiger partial charge < -0.3 is 20.1 Å². The van der Waals surface area contributed by atoms with Crippen LogP contribution < -0.4 is 10.1 Å². The van der Waals surface area contributed by atoms with Crippen molar-refractivity contribution in [1.82, 2.24) is 10.2 Å². The van der Waals surface area contributed by atoms with E-state index in [4.69, 9.17) is 4.74 Å². The van der Waals surface area contributed by atoms with Crippen LogP contribution in [0.15, 0.2) is 24.3 Å². The number of nitrogens with one attached hydrogen (secondary N) is 1. The number of ether oxygens (including phenoxy) is 1. The van der Waals surface area contributed by atoms with E-state index in [1.54, 1.807) is 4.90 Å². The highest BCUT2D eigenvalue weighted by Crippen LogP contribution is 2.26. The minimum atomic E-state index is -0.0998. The quantitative estimate of drug-likeness (QED) is 0.877. The van der Waals surface area contributed by atoms with Crippen molar-refractivity contribution in [3.05, 3.63) is 29.8 Å². The minimum absolute atomic E-state index is 0.0365. The Balaban J connectivity index is 1.58. The van der Waals surface area contributed by atoms with Crippen molar-refractivity contribution in [3.8, 4) is 5.75 Å². The maximum atomic E-state index is 12.3. The van der Waals surface area contributed by atoms with Crippen molar-refractivity contribution >= 4 is 6.03 Å². The molecule has 23 heavy (non-hydrogen) atoms. The number of aliphatic hydroxyl groups excluding tert-OH is 1. The number of benzene rings is 1. The number of hydrogen-bond donors (Lipinski definition) is 2. The number of rotatable bonds is 5. The second-order valence-electron chi connectivity index (χ2n) is 6.46. The Morgan fingerprint density at radius 3 is 2.78 bits per heavy atom. The first kappa shape index (κ1) is 16.1. The number of aliphatic hydroxyl groups is 1. The van der Waals surface area contributed by atoms with Gasteiger partial charge in [-0.15, -0.1) is 0 Å². The molecule has 1 saturated carbocycles. The molecule has 0 bridgehead atoms. The van der Waals surface area contributed by atoms with Gasteiger partial charge in [0.15, 0.2) is 0 Å². The molecule has 1 unspecified atom stereocenters. The molecular formula is C18H26N2O3. The lowest BCUT2D eigenvalue weighted by atomic mass is 10.2. The summed E-state index contributed by atoms with van der Waals surface area (Å²) in [4.78, 5) is 14.0. The number of nitrogens with zero attached hydrogens (tertiary/aromatic N) is 1. The molecule has 0 spiro atoms. The number of carbonyl (C=O) groups excluding carboxylic acids is 1. The standard InChI is InChI=1S/C18H26N2O3/c21-13-15-7-5-11-20(15)18(22)19-12-14-6-1-4-10-17(14)23-16-8-2-3-9-16/h1,4,6,10,15-16,21H,2-3,5,7-9,11-13H2,(H,19,22). The first-order valence-corrected chi connectivity index (χ1v) is 8.68. The van der Waals surface area contributed by atoms with E-state index in [-0.39, 0.29) is 18.7 Å². The first-order valence-electron chi connectivity index (χ1n) is 8.68. The molecular weight excluding hydrogens is 292 g/mol. The van der Waals surface area contributed by atoms with E-state index in [0.29, 0.717) is 12.6 Å². The summed E-state index contributed by atoms with van der Waals surface area (Å²) in [5, 5.41) is 12.3. The van der Waals surface area contributed by atoms with E-state index < -0.39 is 0 Å². The molecule has 1 aromatic carbocycles. The molecule has 3 rings (SSSR count). The third-order valence-corrected chi connectivity index (χ3v) is 4.85. The average Bonchev–Trinajstić information content (AvgIpc) is 3.25. The Labute approximate surface area is 137 Å². The summed E-state index contributed by atoms with van der Waals surface area (Å²) < 4.78 is 6.10. The number of para-hydroxylation sites is 1. The molecule has 5 heteroatoms. The molecule has 1 aliphatic carbocycles. The minimum Gasteiger partial charge on any atom is -0.490 e. The van der Waals surface area contributed by atoms with Gasteiger partial charge in [0.2, 0.25) is 0 Å². The van der Waals surface area contributed by atoms with Gasteiger partial charge in [0.1, 0.15) is 5.75 Å². The van der Waals surface area contributed by atoms with E-state index in [9.17, 15) is 9.90 Å². The molecule has 0 radical (unpaired) electrons. The molecule has 2 amide bonds. The average molecular weight is 318 g/mol. The van der Waals surface area contributed by atoms with Crippen LogP contribution in [0.5, 0.6) is 5.75 Å². The van der Waals surface area contributed by atoms with E-state index in [1.165, 1.54) is 12.8 Å². The van der Waals surface area contributed by atoms with Crippen LogP contribution in [0.2, 0.25) is 0 Å². The predicted molar refractivity (Wildman–Crippen MR) is 88.4 cm³/mol. The zero-order valence-electron chi connectivity index (χ0n) is 13.5. The fourth-order valence-electron chi connectivity index (χ4n) is 3.52. The van der Waals surface area contributed by atoms with E-state index in [0.717, 1.165) is 43.5 Å². The van der Waals surface area contributed by atoms with Crippen LogP contribution >= 0.6 is 0 Å². The second-order valence-corrected chi connectivity index (χ2v) is 6.46. The summed E-state index contributed by atoms with van der Waals surface area (Å²) in [5.41, 5.74) is 1.01. The lowest BCUT2D eigenvalue weighted by Crippen LogP contribution is -2.43. The van der Waals surface area contributed by atoms with Crippen LogP contribution in [-0.4, -0.2) is 41.3 Å². The van der Waals surface area contributed by atoms with Gasteiger partial charge in [-0.2, -0.15) is 0 Å². The number of hydrogen-bond acceptors (Lipinski definition) is 3. The van der Waals surface area contributed by atoms with Gasteiger partial charge in [-0.3, -0.25) is 0 Å². The van der Waals surface area contributed by atoms with Crippen molar-refractivity contribution < 1.29 is 14.6 Å².